The highest BCUT2D eigenvalue weighted by atomic mass is 35.5. The predicted molar refractivity (Wildman–Crippen MR) is 114 cm³/mol. The number of ether oxygens (including phenoxy) is 1. The number of anilines is 1. The lowest BCUT2D eigenvalue weighted by molar-refractivity contribution is -0.120. The lowest BCUT2D eigenvalue weighted by atomic mass is 9.85. The van der Waals surface area contributed by atoms with Gasteiger partial charge in [0, 0.05) is 36.8 Å². The minimum atomic E-state index is -0.895. The number of benzene rings is 1. The van der Waals surface area contributed by atoms with E-state index in [0.717, 1.165) is 0 Å². The molecule has 0 N–H and O–H groups in total. The number of halogens is 3. The van der Waals surface area contributed by atoms with Crippen LogP contribution in [0.15, 0.2) is 35.3 Å². The van der Waals surface area contributed by atoms with Crippen molar-refractivity contribution >= 4 is 17.3 Å². The first-order chi connectivity index (χ1) is 15.3. The molecule has 0 radical (unpaired) electrons. The summed E-state index contributed by atoms with van der Waals surface area (Å²) < 4.78 is 36.2. The van der Waals surface area contributed by atoms with Gasteiger partial charge in [0.05, 0.1) is 30.7 Å². The molecule has 168 valence electrons. The molecule has 4 heterocycles. The highest BCUT2D eigenvalue weighted by Crippen LogP contribution is 2.37. The molecule has 1 spiro atoms. The van der Waals surface area contributed by atoms with Crippen molar-refractivity contribution in [2.45, 2.75) is 31.2 Å². The van der Waals surface area contributed by atoms with E-state index in [-0.39, 0.29) is 34.9 Å². The molecule has 1 unspecified atom stereocenters. The van der Waals surface area contributed by atoms with Gasteiger partial charge in [-0.2, -0.15) is 5.10 Å². The van der Waals surface area contributed by atoms with Gasteiger partial charge in [-0.3, -0.25) is 4.79 Å². The number of nitrogens with zero attached hydrogens (tertiary/aromatic N) is 6. The van der Waals surface area contributed by atoms with Gasteiger partial charge in [0.2, 0.25) is 0 Å². The molecule has 8 nitrogen and oxygen atoms in total. The van der Waals surface area contributed by atoms with E-state index in [0.29, 0.717) is 43.0 Å². The van der Waals surface area contributed by atoms with Crippen LogP contribution in [0, 0.1) is 5.82 Å². The fourth-order valence-electron chi connectivity index (χ4n) is 4.23. The summed E-state index contributed by atoms with van der Waals surface area (Å²) in [5.41, 5.74) is 1.17. The fourth-order valence-corrected chi connectivity index (χ4v) is 4.38. The smallest absolute Gasteiger partial charge is 0.269 e. The van der Waals surface area contributed by atoms with Crippen LogP contribution in [0.1, 0.15) is 18.5 Å². The van der Waals surface area contributed by atoms with Crippen molar-refractivity contribution in [2.24, 2.45) is 7.05 Å². The Kier molecular flexibility index (Phi) is 5.21. The minimum Gasteiger partial charge on any atom is -0.368 e. The van der Waals surface area contributed by atoms with Crippen LogP contribution in [0.4, 0.5) is 14.5 Å². The Morgan fingerprint density at radius 1 is 1.31 bits per heavy atom. The van der Waals surface area contributed by atoms with E-state index in [1.807, 2.05) is 4.90 Å². The summed E-state index contributed by atoms with van der Waals surface area (Å²) in [6.07, 6.45) is 1.89. The van der Waals surface area contributed by atoms with Gasteiger partial charge in [-0.1, -0.05) is 16.8 Å². The van der Waals surface area contributed by atoms with Gasteiger partial charge >= 0.3 is 0 Å². The van der Waals surface area contributed by atoms with Crippen molar-refractivity contribution in [1.82, 2.24) is 24.8 Å². The molecule has 11 heteroatoms. The van der Waals surface area contributed by atoms with Crippen LogP contribution >= 0.6 is 11.6 Å². The monoisotopic (exact) mass is 462 g/mol. The summed E-state index contributed by atoms with van der Waals surface area (Å²) in [6.45, 7) is 1.42. The second-order valence-corrected chi connectivity index (χ2v) is 8.76. The highest BCUT2D eigenvalue weighted by Gasteiger charge is 2.47. The van der Waals surface area contributed by atoms with Crippen LogP contribution in [0.3, 0.4) is 0 Å². The molecule has 2 aromatic heterocycles. The van der Waals surface area contributed by atoms with Gasteiger partial charge < -0.3 is 9.64 Å². The average Bonchev–Trinajstić information content (AvgIpc) is 3.09. The number of aromatic nitrogens is 5. The molecule has 0 saturated carbocycles. The Bertz CT molecular complexity index is 1210. The quantitative estimate of drug-likeness (QED) is 0.593. The molecule has 2 aliphatic rings. The first-order valence-corrected chi connectivity index (χ1v) is 10.7. The van der Waals surface area contributed by atoms with Crippen LogP contribution in [-0.2, 0) is 18.3 Å². The van der Waals surface area contributed by atoms with Crippen LogP contribution in [0.25, 0.3) is 11.3 Å². The van der Waals surface area contributed by atoms with Crippen LogP contribution in [-0.4, -0.2) is 56.2 Å². The van der Waals surface area contributed by atoms with E-state index in [9.17, 15) is 13.6 Å². The van der Waals surface area contributed by atoms with Crippen LogP contribution in [0.5, 0.6) is 0 Å². The van der Waals surface area contributed by atoms with Crippen molar-refractivity contribution in [3.8, 4) is 11.3 Å². The molecule has 5 rings (SSSR count). The van der Waals surface area contributed by atoms with Crippen LogP contribution < -0.4 is 10.5 Å². The molecule has 0 bridgehead atoms. The zero-order chi connectivity index (χ0) is 22.5. The molecule has 3 aromatic rings. The Morgan fingerprint density at radius 3 is 2.81 bits per heavy atom. The lowest BCUT2D eigenvalue weighted by Gasteiger charge is -2.52. The average molecular weight is 463 g/mol. The van der Waals surface area contributed by atoms with Gasteiger partial charge in [0.1, 0.15) is 23.3 Å². The molecule has 2 aliphatic heterocycles. The Balaban J connectivity index is 1.35. The van der Waals surface area contributed by atoms with E-state index >= 15 is 0 Å². The molecular weight excluding hydrogens is 442 g/mol. The first-order valence-electron chi connectivity index (χ1n) is 10.3. The molecule has 0 amide bonds. The van der Waals surface area contributed by atoms with Crippen molar-refractivity contribution < 1.29 is 13.5 Å². The third kappa shape index (κ3) is 3.77. The van der Waals surface area contributed by atoms with Crippen molar-refractivity contribution in [1.29, 1.82) is 0 Å². The molecule has 2 fully saturated rings. The summed E-state index contributed by atoms with van der Waals surface area (Å²) >= 11 is 5.85. The van der Waals surface area contributed by atoms with E-state index in [1.165, 1.54) is 27.6 Å². The Morgan fingerprint density at radius 2 is 2.12 bits per heavy atom. The molecule has 0 aliphatic carbocycles. The highest BCUT2D eigenvalue weighted by molar-refractivity contribution is 6.30. The van der Waals surface area contributed by atoms with Gasteiger partial charge in [-0.05, 0) is 31.0 Å². The number of alkyl halides is 1. The predicted octanol–water partition coefficient (Wildman–Crippen LogP) is 2.59. The Hall–Kier alpha value is -2.85. The van der Waals surface area contributed by atoms with Gasteiger partial charge in [0.25, 0.3) is 5.56 Å². The van der Waals surface area contributed by atoms with E-state index in [4.69, 9.17) is 16.3 Å². The summed E-state index contributed by atoms with van der Waals surface area (Å²) in [6, 6.07) is 5.81. The summed E-state index contributed by atoms with van der Waals surface area (Å²) in [4.78, 5) is 14.7. The third-order valence-electron chi connectivity index (χ3n) is 6.09. The summed E-state index contributed by atoms with van der Waals surface area (Å²) in [5.74, 6) is -0.523. The maximum absolute atomic E-state index is 14.4. The Labute approximate surface area is 187 Å². The third-order valence-corrected chi connectivity index (χ3v) is 6.33. The standard InChI is InChI=1S/C21H21ClF2N6O2/c1-28-18(20(26-27-28)16-3-2-13(22)6-17(16)24)9-30-19(31)7-15(8-25-30)29-11-21(12-29)5-4-14(23)10-32-21/h2-3,6-8,14H,4-5,9-12H2,1H3. The lowest BCUT2D eigenvalue weighted by Crippen LogP contribution is -2.65. The second-order valence-electron chi connectivity index (χ2n) is 8.33. The van der Waals surface area contributed by atoms with E-state index in [1.54, 1.807) is 19.3 Å². The zero-order valence-corrected chi connectivity index (χ0v) is 18.1. The van der Waals surface area contributed by atoms with Crippen LogP contribution in [0.2, 0.25) is 5.02 Å². The molecule has 1 atom stereocenters. The number of hydrogen-bond acceptors (Lipinski definition) is 6. The van der Waals surface area contributed by atoms with Gasteiger partial charge in [-0.15, -0.1) is 5.10 Å². The molecular formula is C21H21ClF2N6O2. The maximum Gasteiger partial charge on any atom is 0.269 e. The SMILES string of the molecule is Cn1nnc(-c2ccc(Cl)cc2F)c1Cn1ncc(N2CC3(CCC(F)CO3)C2)cc1=O. The summed E-state index contributed by atoms with van der Waals surface area (Å²) in [5, 5.41) is 12.6. The zero-order valence-electron chi connectivity index (χ0n) is 17.3. The van der Waals surface area contributed by atoms with Crippen molar-refractivity contribution in [3.05, 3.63) is 57.3 Å². The molecule has 1 aromatic carbocycles. The molecule has 2 saturated heterocycles. The number of rotatable bonds is 4. The minimum absolute atomic E-state index is 0.0744. The van der Waals surface area contributed by atoms with Crippen molar-refractivity contribution in [3.63, 3.8) is 0 Å². The van der Waals surface area contributed by atoms with E-state index < -0.39 is 12.0 Å². The molecule has 32 heavy (non-hydrogen) atoms. The van der Waals surface area contributed by atoms with E-state index in [2.05, 4.69) is 15.4 Å². The maximum atomic E-state index is 14.4. The largest absolute Gasteiger partial charge is 0.368 e. The topological polar surface area (TPSA) is 78.1 Å². The summed E-state index contributed by atoms with van der Waals surface area (Å²) in [7, 11) is 1.67. The van der Waals surface area contributed by atoms with Crippen molar-refractivity contribution in [2.75, 3.05) is 24.6 Å². The normalized spacial score (nSPS) is 19.9. The second kappa shape index (κ2) is 7.93. The van der Waals surface area contributed by atoms with Gasteiger partial charge in [0.15, 0.2) is 0 Å². The number of aryl methyl sites for hydroxylation is 1. The fraction of sp³-hybridized carbons (Fsp3) is 0.429. The first kappa shape index (κ1) is 21.0. The van der Waals surface area contributed by atoms with Gasteiger partial charge in [-0.25, -0.2) is 18.1 Å². The number of hydrogen-bond donors (Lipinski definition) is 0.